The van der Waals surface area contributed by atoms with Gasteiger partial charge in [-0.05, 0) is 101 Å². The van der Waals surface area contributed by atoms with Crippen LogP contribution in [0.2, 0.25) is 0 Å². The maximum Gasteiger partial charge on any atom is 0.333 e. The van der Waals surface area contributed by atoms with Gasteiger partial charge in [0.25, 0.3) is 0 Å². The second kappa shape index (κ2) is 9.31. The van der Waals surface area contributed by atoms with E-state index in [0.717, 1.165) is 27.6 Å². The van der Waals surface area contributed by atoms with E-state index in [-0.39, 0.29) is 17.7 Å². The van der Waals surface area contributed by atoms with E-state index in [1.165, 1.54) is 90.3 Å². The number of benzene rings is 6. The predicted octanol–water partition coefficient (Wildman–Crippen LogP) is 11.1. The average Bonchev–Trinajstić information content (AvgIpc) is 3.65. The third-order valence-corrected chi connectivity index (χ3v) is 12.6. The third kappa shape index (κ3) is 3.47. The summed E-state index contributed by atoms with van der Waals surface area (Å²) in [7, 11) is 0. The molecule has 242 valence electrons. The molecule has 0 saturated carbocycles. The lowest BCUT2D eigenvalue weighted by atomic mass is 9.45. The van der Waals surface area contributed by atoms with Crippen molar-refractivity contribution in [3.05, 3.63) is 125 Å². The Morgan fingerprint density at radius 3 is 2.18 bits per heavy atom. The van der Waals surface area contributed by atoms with Gasteiger partial charge in [0.2, 0.25) is 0 Å². The lowest BCUT2D eigenvalue weighted by Crippen LogP contribution is -2.56. The number of aryl methyl sites for hydroxylation is 2. The zero-order chi connectivity index (χ0) is 33.8. The highest BCUT2D eigenvalue weighted by Gasteiger charge is 2.45. The fourth-order valence-corrected chi connectivity index (χ4v) is 10.00. The number of nitrogens with zero attached hydrogens (tertiary/aromatic N) is 2. The quantitative estimate of drug-likeness (QED) is 0.166. The zero-order valence-electron chi connectivity index (χ0n) is 29.6. The first-order valence-corrected chi connectivity index (χ1v) is 18.2. The molecule has 0 N–H and O–H groups in total. The highest BCUT2D eigenvalue weighted by Crippen LogP contribution is 2.52. The van der Waals surface area contributed by atoms with Crippen LogP contribution in [0.5, 0.6) is 0 Å². The van der Waals surface area contributed by atoms with E-state index in [2.05, 4.69) is 154 Å². The Kier molecular flexibility index (Phi) is 5.33. The molecule has 0 amide bonds. The largest absolute Gasteiger partial charge is 0.454 e. The Labute approximate surface area is 293 Å². The van der Waals surface area contributed by atoms with Gasteiger partial charge >= 0.3 is 6.85 Å². The maximum absolute atomic E-state index is 6.98. The van der Waals surface area contributed by atoms with Crippen molar-refractivity contribution in [2.75, 3.05) is 4.90 Å². The van der Waals surface area contributed by atoms with Crippen LogP contribution in [0, 0.1) is 13.8 Å². The van der Waals surface area contributed by atoms with Gasteiger partial charge in [0.15, 0.2) is 5.58 Å². The van der Waals surface area contributed by atoms with Crippen molar-refractivity contribution >= 4 is 78.6 Å². The predicted molar refractivity (Wildman–Crippen MR) is 212 cm³/mol. The highest BCUT2D eigenvalue weighted by atomic mass is 16.3. The molecule has 4 heterocycles. The Morgan fingerprint density at radius 1 is 0.640 bits per heavy atom. The maximum atomic E-state index is 6.98. The number of aromatic nitrogens is 1. The van der Waals surface area contributed by atoms with Gasteiger partial charge in [-0.15, -0.1) is 0 Å². The Hall–Kier alpha value is -5.22. The normalized spacial score (nSPS) is 16.7. The molecular formula is C46H39BN2O. The van der Waals surface area contributed by atoms with Gasteiger partial charge in [0, 0.05) is 49.5 Å². The van der Waals surface area contributed by atoms with Crippen LogP contribution in [-0.4, -0.2) is 11.3 Å². The summed E-state index contributed by atoms with van der Waals surface area (Å²) in [6, 6.07) is 39.0. The molecule has 2 aliphatic heterocycles. The molecule has 8 aromatic rings. The summed E-state index contributed by atoms with van der Waals surface area (Å²) in [5, 5.41) is 4.95. The first kappa shape index (κ1) is 28.6. The van der Waals surface area contributed by atoms with Gasteiger partial charge in [-0.3, -0.25) is 0 Å². The average molecular weight is 647 g/mol. The minimum absolute atomic E-state index is 0.00456. The van der Waals surface area contributed by atoms with Crippen molar-refractivity contribution in [2.45, 2.75) is 65.2 Å². The number of anilines is 3. The van der Waals surface area contributed by atoms with Crippen molar-refractivity contribution in [3.8, 4) is 11.1 Å². The monoisotopic (exact) mass is 646 g/mol. The van der Waals surface area contributed by atoms with Crippen LogP contribution in [0.25, 0.3) is 54.9 Å². The Balaban J connectivity index is 1.33. The van der Waals surface area contributed by atoms with Crippen molar-refractivity contribution in [2.24, 2.45) is 0 Å². The van der Waals surface area contributed by atoms with Crippen molar-refractivity contribution < 1.29 is 4.42 Å². The molecule has 0 radical (unpaired) electrons. The molecule has 1 aliphatic carbocycles. The summed E-state index contributed by atoms with van der Waals surface area (Å²) >= 11 is 0. The smallest absolute Gasteiger partial charge is 0.333 e. The minimum atomic E-state index is -0.00456. The van der Waals surface area contributed by atoms with E-state index in [0.29, 0.717) is 0 Å². The molecule has 6 aromatic carbocycles. The molecule has 3 aliphatic rings. The van der Waals surface area contributed by atoms with E-state index in [9.17, 15) is 0 Å². The minimum Gasteiger partial charge on any atom is -0.454 e. The molecule has 0 saturated heterocycles. The van der Waals surface area contributed by atoms with Gasteiger partial charge in [-0.1, -0.05) is 107 Å². The second-order valence-corrected chi connectivity index (χ2v) is 16.5. The number of fused-ring (bicyclic) bond motifs is 12. The van der Waals surface area contributed by atoms with Crippen LogP contribution in [0.15, 0.2) is 108 Å². The first-order chi connectivity index (χ1) is 24.1. The number of hydrogen-bond acceptors (Lipinski definition) is 2. The van der Waals surface area contributed by atoms with E-state index >= 15 is 0 Å². The molecule has 0 unspecified atom stereocenters. The molecule has 2 aromatic heterocycles. The van der Waals surface area contributed by atoms with Crippen LogP contribution >= 0.6 is 0 Å². The molecule has 4 heteroatoms. The van der Waals surface area contributed by atoms with Crippen LogP contribution in [0.1, 0.15) is 62.8 Å². The number of para-hydroxylation sites is 3. The topological polar surface area (TPSA) is 21.3 Å². The fourth-order valence-electron chi connectivity index (χ4n) is 10.00. The SMILES string of the molecule is Cc1cc2c3c(c1)N(c1cc4c(cc1C)C(C)(C)CCC4(C)C)c1c(ccc4c1oc1ccccc14)B3n1c3ccccc3c3cccc-2c31. The fraction of sp³-hybridized carbons (Fsp3) is 0.217. The van der Waals surface area contributed by atoms with Gasteiger partial charge < -0.3 is 13.8 Å². The molecule has 0 fully saturated rings. The number of hydrogen-bond donors (Lipinski definition) is 0. The summed E-state index contributed by atoms with van der Waals surface area (Å²) in [6.07, 6.45) is 2.37. The van der Waals surface area contributed by atoms with Crippen molar-refractivity contribution in [3.63, 3.8) is 0 Å². The first-order valence-electron chi connectivity index (χ1n) is 18.2. The van der Waals surface area contributed by atoms with Gasteiger partial charge in [-0.2, -0.15) is 0 Å². The highest BCUT2D eigenvalue weighted by molar-refractivity contribution is 6.90. The summed E-state index contributed by atoms with van der Waals surface area (Å²) in [5.41, 5.74) is 19.2. The molecule has 50 heavy (non-hydrogen) atoms. The molecular weight excluding hydrogens is 607 g/mol. The van der Waals surface area contributed by atoms with Crippen LogP contribution in [-0.2, 0) is 10.8 Å². The molecule has 0 spiro atoms. The summed E-state index contributed by atoms with van der Waals surface area (Å²) in [6.45, 7) is 14.3. The second-order valence-electron chi connectivity index (χ2n) is 16.5. The van der Waals surface area contributed by atoms with Crippen molar-refractivity contribution in [1.82, 2.24) is 4.48 Å². The van der Waals surface area contributed by atoms with E-state index in [1.807, 2.05) is 0 Å². The van der Waals surface area contributed by atoms with E-state index < -0.39 is 0 Å². The van der Waals surface area contributed by atoms with E-state index in [4.69, 9.17) is 4.42 Å². The Morgan fingerprint density at radius 2 is 1.36 bits per heavy atom. The Bertz CT molecular complexity index is 2810. The molecule has 0 bridgehead atoms. The van der Waals surface area contributed by atoms with Crippen molar-refractivity contribution in [1.29, 1.82) is 0 Å². The van der Waals surface area contributed by atoms with E-state index in [1.54, 1.807) is 0 Å². The lowest BCUT2D eigenvalue weighted by Gasteiger charge is -2.44. The standard InChI is InChI=1S/C46H39BN2O/c1-26-22-33-31-15-11-14-30-28-12-7-9-16-37(28)49(42(30)31)47-36-19-18-32-29-13-8-10-17-40(29)50-44(32)43(36)48(39(23-26)41(33)47)38-25-35-34(24-27(38)2)45(3,4)20-21-46(35,5)6/h7-19,22-25H,20-21H2,1-6H3. The van der Waals surface area contributed by atoms with Crippen LogP contribution in [0.4, 0.5) is 17.1 Å². The summed E-state index contributed by atoms with van der Waals surface area (Å²) in [4.78, 5) is 2.59. The third-order valence-electron chi connectivity index (χ3n) is 12.6. The number of furan rings is 1. The number of rotatable bonds is 1. The summed E-state index contributed by atoms with van der Waals surface area (Å²) < 4.78 is 9.61. The van der Waals surface area contributed by atoms with Crippen LogP contribution < -0.4 is 15.8 Å². The molecule has 11 rings (SSSR count). The zero-order valence-corrected chi connectivity index (χ0v) is 29.6. The van der Waals surface area contributed by atoms with Crippen LogP contribution in [0.3, 0.4) is 0 Å². The van der Waals surface area contributed by atoms with Gasteiger partial charge in [-0.25, -0.2) is 0 Å². The molecule has 3 nitrogen and oxygen atoms in total. The van der Waals surface area contributed by atoms with Gasteiger partial charge in [0.1, 0.15) is 5.58 Å². The lowest BCUT2D eigenvalue weighted by molar-refractivity contribution is 0.332. The summed E-state index contributed by atoms with van der Waals surface area (Å²) in [5.74, 6) is 0. The van der Waals surface area contributed by atoms with Gasteiger partial charge in [0.05, 0.1) is 5.69 Å². The molecule has 0 atom stereocenters.